The number of carbonyl (C=O) groups excluding carboxylic acids is 5. The van der Waals surface area contributed by atoms with Gasteiger partial charge in [0, 0.05) is 37.8 Å². The van der Waals surface area contributed by atoms with Crippen molar-refractivity contribution in [2.75, 3.05) is 19.8 Å². The lowest BCUT2D eigenvalue weighted by Crippen LogP contribution is -2.35. The summed E-state index contributed by atoms with van der Waals surface area (Å²) in [6, 6.07) is 0. The number of hydrogen-bond donors (Lipinski definition) is 1. The Morgan fingerprint density at radius 3 is 2.38 bits per heavy atom. The largest absolute Gasteiger partial charge is 0.462 e. The van der Waals surface area contributed by atoms with Crippen molar-refractivity contribution in [1.82, 2.24) is 0 Å². The van der Waals surface area contributed by atoms with Crippen molar-refractivity contribution in [3.63, 3.8) is 0 Å². The molecule has 0 aromatic carbocycles. The van der Waals surface area contributed by atoms with Gasteiger partial charge >= 0.3 is 29.8 Å². The van der Waals surface area contributed by atoms with E-state index in [1.54, 1.807) is 13.0 Å². The van der Waals surface area contributed by atoms with Crippen molar-refractivity contribution >= 4 is 29.8 Å². The topological polar surface area (TPSA) is 152 Å². The molecule has 0 aromatic rings. The van der Waals surface area contributed by atoms with E-state index in [1.807, 2.05) is 13.0 Å². The quantitative estimate of drug-likeness (QED) is 0.192. The summed E-state index contributed by atoms with van der Waals surface area (Å²) in [7, 11) is 0. The van der Waals surface area contributed by atoms with Crippen LogP contribution >= 0.6 is 0 Å². The Hall–Kier alpha value is -3.99. The van der Waals surface area contributed by atoms with Crippen LogP contribution in [0.25, 0.3) is 0 Å². The van der Waals surface area contributed by atoms with E-state index in [0.29, 0.717) is 12.0 Å². The van der Waals surface area contributed by atoms with Gasteiger partial charge in [-0.15, -0.1) is 0 Å². The first-order valence-corrected chi connectivity index (χ1v) is 12.7. The zero-order chi connectivity index (χ0) is 30.0. The molecular formula is C29H36O11. The number of aliphatic hydroxyl groups excluding tert-OH is 1. The Morgan fingerprint density at radius 2 is 1.75 bits per heavy atom. The van der Waals surface area contributed by atoms with Gasteiger partial charge < -0.3 is 28.8 Å². The van der Waals surface area contributed by atoms with Crippen LogP contribution in [0.1, 0.15) is 47.5 Å². The Kier molecular flexibility index (Phi) is 12.1. The minimum atomic E-state index is -0.884. The van der Waals surface area contributed by atoms with Gasteiger partial charge in [0.05, 0.1) is 18.1 Å². The van der Waals surface area contributed by atoms with Gasteiger partial charge in [-0.05, 0) is 44.6 Å². The third-order valence-electron chi connectivity index (χ3n) is 6.32. The first-order chi connectivity index (χ1) is 18.8. The smallest absolute Gasteiger partial charge is 0.337 e. The fraction of sp³-hybridized carbons (Fsp3) is 0.483. The highest BCUT2D eigenvalue weighted by Crippen LogP contribution is 2.37. The van der Waals surface area contributed by atoms with Crippen molar-refractivity contribution in [3.8, 4) is 0 Å². The average Bonchev–Trinajstić information content (AvgIpc) is 3.14. The summed E-state index contributed by atoms with van der Waals surface area (Å²) in [6.45, 7) is 10.3. The molecule has 4 atom stereocenters. The van der Waals surface area contributed by atoms with E-state index in [4.69, 9.17) is 23.7 Å². The summed E-state index contributed by atoms with van der Waals surface area (Å²) in [5.74, 6) is -3.95. The summed E-state index contributed by atoms with van der Waals surface area (Å²) in [5, 5.41) is 9.45. The standard InChI is InChI=1S/C29H36O11/c1-16-7-8-23(38-21(6)32)18(3)14-25-26(19(4)28(34)39-25)24(13-16)40-29(35)22(9-11-30)15-37-27(33)17(2)10-12-36-20(5)31/h7,9-10,14,23-26,30H,4,8,11-13,15H2,1-3,5-6H3. The van der Waals surface area contributed by atoms with Crippen molar-refractivity contribution in [1.29, 1.82) is 0 Å². The zero-order valence-corrected chi connectivity index (χ0v) is 23.4. The molecule has 1 aliphatic carbocycles. The summed E-state index contributed by atoms with van der Waals surface area (Å²) in [6.07, 6.45) is 4.37. The lowest BCUT2D eigenvalue weighted by Gasteiger charge is -2.28. The summed E-state index contributed by atoms with van der Waals surface area (Å²) >= 11 is 0. The Labute approximate surface area is 233 Å². The highest BCUT2D eigenvalue weighted by Gasteiger charge is 2.45. The maximum Gasteiger partial charge on any atom is 0.337 e. The van der Waals surface area contributed by atoms with E-state index in [0.717, 1.165) is 11.6 Å². The Balaban J connectivity index is 2.26. The van der Waals surface area contributed by atoms with E-state index in [9.17, 15) is 29.1 Å². The van der Waals surface area contributed by atoms with Crippen LogP contribution < -0.4 is 0 Å². The summed E-state index contributed by atoms with van der Waals surface area (Å²) in [4.78, 5) is 60.5. The second kappa shape index (κ2) is 15.0. The van der Waals surface area contributed by atoms with Crippen LogP contribution in [0.5, 0.6) is 0 Å². The van der Waals surface area contributed by atoms with Crippen molar-refractivity contribution < 1.29 is 52.8 Å². The van der Waals surface area contributed by atoms with Gasteiger partial charge in [-0.1, -0.05) is 18.2 Å². The van der Waals surface area contributed by atoms with E-state index in [1.165, 1.54) is 26.8 Å². The minimum absolute atomic E-state index is 0.114. The predicted octanol–water partition coefficient (Wildman–Crippen LogP) is 2.59. The molecule has 4 unspecified atom stereocenters. The molecule has 11 nitrogen and oxygen atoms in total. The zero-order valence-electron chi connectivity index (χ0n) is 23.4. The minimum Gasteiger partial charge on any atom is -0.462 e. The fourth-order valence-electron chi connectivity index (χ4n) is 4.17. The lowest BCUT2D eigenvalue weighted by atomic mass is 9.85. The van der Waals surface area contributed by atoms with Crippen molar-refractivity contribution in [2.24, 2.45) is 5.92 Å². The van der Waals surface area contributed by atoms with E-state index in [2.05, 4.69) is 6.58 Å². The van der Waals surface area contributed by atoms with Crippen LogP contribution in [0.4, 0.5) is 0 Å². The fourth-order valence-corrected chi connectivity index (χ4v) is 4.17. The highest BCUT2D eigenvalue weighted by atomic mass is 16.6. The molecule has 1 fully saturated rings. The molecule has 0 bridgehead atoms. The molecule has 1 N–H and O–H groups in total. The van der Waals surface area contributed by atoms with Crippen molar-refractivity contribution in [2.45, 2.75) is 65.8 Å². The van der Waals surface area contributed by atoms with Gasteiger partial charge in [0.1, 0.15) is 31.5 Å². The number of rotatable bonds is 9. The first kappa shape index (κ1) is 32.2. The molecule has 0 spiro atoms. The third-order valence-corrected chi connectivity index (χ3v) is 6.32. The molecule has 1 saturated heterocycles. The summed E-state index contributed by atoms with van der Waals surface area (Å²) < 4.78 is 26.7. The normalized spacial score (nSPS) is 23.6. The van der Waals surface area contributed by atoms with E-state index < -0.39 is 67.3 Å². The average molecular weight is 561 g/mol. The third kappa shape index (κ3) is 9.33. The number of carbonyl (C=O) groups is 5. The predicted molar refractivity (Wildman–Crippen MR) is 141 cm³/mol. The molecule has 0 saturated carbocycles. The number of esters is 5. The Morgan fingerprint density at radius 1 is 1.05 bits per heavy atom. The van der Waals surface area contributed by atoms with Crippen LogP contribution in [-0.4, -0.2) is 73.1 Å². The van der Waals surface area contributed by atoms with Gasteiger partial charge in [-0.2, -0.15) is 0 Å². The highest BCUT2D eigenvalue weighted by molar-refractivity contribution is 5.93. The molecule has 0 radical (unpaired) electrons. The monoisotopic (exact) mass is 560 g/mol. The molecule has 11 heteroatoms. The molecule has 218 valence electrons. The molecule has 2 aliphatic rings. The second-order valence-electron chi connectivity index (χ2n) is 9.54. The second-order valence-corrected chi connectivity index (χ2v) is 9.54. The molecule has 1 heterocycles. The van der Waals surface area contributed by atoms with Crippen LogP contribution in [0.3, 0.4) is 0 Å². The van der Waals surface area contributed by atoms with Crippen LogP contribution in [0.2, 0.25) is 0 Å². The number of hydrogen-bond acceptors (Lipinski definition) is 11. The van der Waals surface area contributed by atoms with Gasteiger partial charge in [0.25, 0.3) is 0 Å². The van der Waals surface area contributed by atoms with Crippen molar-refractivity contribution in [3.05, 3.63) is 58.7 Å². The van der Waals surface area contributed by atoms with Gasteiger partial charge in [0.2, 0.25) is 0 Å². The molecule has 1 aliphatic heterocycles. The van der Waals surface area contributed by atoms with E-state index >= 15 is 0 Å². The van der Waals surface area contributed by atoms with Crippen LogP contribution in [-0.2, 0) is 47.7 Å². The number of aliphatic hydroxyl groups is 1. The molecule has 0 aromatic heterocycles. The molecule has 0 amide bonds. The van der Waals surface area contributed by atoms with Gasteiger partial charge in [-0.25, -0.2) is 14.4 Å². The van der Waals surface area contributed by atoms with Gasteiger partial charge in [0.15, 0.2) is 0 Å². The number of fused-ring (bicyclic) bond motifs is 1. The maximum absolute atomic E-state index is 13.2. The summed E-state index contributed by atoms with van der Waals surface area (Å²) in [5.41, 5.74) is 1.63. The molecule has 40 heavy (non-hydrogen) atoms. The lowest BCUT2D eigenvalue weighted by molar-refractivity contribution is -0.149. The number of ether oxygens (including phenoxy) is 5. The first-order valence-electron chi connectivity index (χ1n) is 12.7. The van der Waals surface area contributed by atoms with Crippen LogP contribution in [0.15, 0.2) is 58.7 Å². The SMILES string of the molecule is C=C1C(=O)OC2C=C(C)C(OC(C)=O)CC=C(C)CC(OC(=O)C(=CCO)COC(=O)C(C)=CCOC(C)=O)C12. The van der Waals surface area contributed by atoms with Gasteiger partial charge in [-0.3, -0.25) is 9.59 Å². The van der Waals surface area contributed by atoms with E-state index in [-0.39, 0.29) is 29.7 Å². The molecular weight excluding hydrogens is 524 g/mol. The van der Waals surface area contributed by atoms with Crippen LogP contribution in [0, 0.1) is 5.92 Å². The Bertz CT molecular complexity index is 1150. The maximum atomic E-state index is 13.2. The molecule has 2 rings (SSSR count).